The molecule has 0 aromatic carbocycles. The van der Waals surface area contributed by atoms with Crippen LogP contribution in [-0.2, 0) is 4.74 Å². The Kier molecular flexibility index (Phi) is 4.29. The maximum absolute atomic E-state index is 6.46. The Bertz CT molecular complexity index is 85.0. The van der Waals surface area contributed by atoms with E-state index in [2.05, 4.69) is 4.85 Å². The van der Waals surface area contributed by atoms with Gasteiger partial charge in [-0.15, -0.1) is 0 Å². The van der Waals surface area contributed by atoms with Crippen molar-refractivity contribution in [3.05, 3.63) is 11.4 Å². The number of hydrogen-bond acceptors (Lipinski definition) is 1. The largest absolute Gasteiger partial charge is 0.371 e. The van der Waals surface area contributed by atoms with Gasteiger partial charge in [0, 0.05) is 6.61 Å². The van der Waals surface area contributed by atoms with Gasteiger partial charge in [-0.2, -0.15) is 0 Å². The smallest absolute Gasteiger partial charge is 0.240 e. The Morgan fingerprint density at radius 3 is 2.75 bits per heavy atom. The molecular weight excluding hydrogens is 102 g/mol. The van der Waals surface area contributed by atoms with Crippen molar-refractivity contribution in [2.45, 2.75) is 20.0 Å². The van der Waals surface area contributed by atoms with Gasteiger partial charge in [-0.1, -0.05) is 0 Å². The Labute approximate surface area is 50.3 Å². The summed E-state index contributed by atoms with van der Waals surface area (Å²) in [5.41, 5.74) is 0. The van der Waals surface area contributed by atoms with Crippen LogP contribution in [0.15, 0.2) is 0 Å². The van der Waals surface area contributed by atoms with E-state index in [1.165, 1.54) is 0 Å². The lowest BCUT2D eigenvalue weighted by molar-refractivity contribution is 0.0877. The summed E-state index contributed by atoms with van der Waals surface area (Å²) < 4.78 is 5.07. The monoisotopic (exact) mass is 113 g/mol. The molecule has 0 radical (unpaired) electrons. The lowest BCUT2D eigenvalue weighted by Gasteiger charge is -2.01. The molecule has 1 unspecified atom stereocenters. The molecule has 0 aromatic rings. The Morgan fingerprint density at radius 1 is 1.75 bits per heavy atom. The normalized spacial score (nSPS) is 12.6. The molecule has 0 bridgehead atoms. The Morgan fingerprint density at radius 2 is 2.38 bits per heavy atom. The SMILES string of the molecule is [C-]#[N+]CC(C)OCC. The highest BCUT2D eigenvalue weighted by Crippen LogP contribution is 1.88. The average Bonchev–Trinajstić information content (AvgIpc) is 1.68. The zero-order valence-electron chi connectivity index (χ0n) is 5.35. The van der Waals surface area contributed by atoms with E-state index in [1.54, 1.807) is 0 Å². The quantitative estimate of drug-likeness (QED) is 0.503. The molecule has 0 spiro atoms. The molecule has 0 aliphatic carbocycles. The maximum Gasteiger partial charge on any atom is 0.240 e. The minimum absolute atomic E-state index is 0.109. The Balaban J connectivity index is 3.08. The molecule has 8 heavy (non-hydrogen) atoms. The predicted octanol–water partition coefficient (Wildman–Crippen LogP) is 1.33. The minimum atomic E-state index is 0.109. The molecule has 0 aliphatic heterocycles. The molecule has 0 saturated heterocycles. The molecule has 0 saturated carbocycles. The number of rotatable bonds is 3. The highest BCUT2D eigenvalue weighted by Gasteiger charge is 2.00. The van der Waals surface area contributed by atoms with Crippen LogP contribution in [0, 0.1) is 6.57 Å². The van der Waals surface area contributed by atoms with E-state index < -0.39 is 0 Å². The van der Waals surface area contributed by atoms with E-state index >= 15 is 0 Å². The van der Waals surface area contributed by atoms with Gasteiger partial charge in [-0.3, -0.25) is 0 Å². The van der Waals surface area contributed by atoms with Gasteiger partial charge in [0.15, 0.2) is 0 Å². The third-order valence-corrected chi connectivity index (χ3v) is 0.800. The van der Waals surface area contributed by atoms with Crippen molar-refractivity contribution < 1.29 is 4.74 Å². The summed E-state index contributed by atoms with van der Waals surface area (Å²) >= 11 is 0. The number of nitrogens with zero attached hydrogens (tertiary/aromatic N) is 1. The van der Waals surface area contributed by atoms with Crippen LogP contribution in [0.3, 0.4) is 0 Å². The number of ether oxygens (including phenoxy) is 1. The van der Waals surface area contributed by atoms with E-state index in [1.807, 2.05) is 13.8 Å². The number of hydrogen-bond donors (Lipinski definition) is 0. The van der Waals surface area contributed by atoms with Crippen LogP contribution >= 0.6 is 0 Å². The fourth-order valence-corrected chi connectivity index (χ4v) is 0.466. The van der Waals surface area contributed by atoms with Crippen molar-refractivity contribution in [2.24, 2.45) is 0 Å². The van der Waals surface area contributed by atoms with Crippen LogP contribution in [0.1, 0.15) is 13.8 Å². The summed E-state index contributed by atoms with van der Waals surface area (Å²) in [5, 5.41) is 0. The van der Waals surface area contributed by atoms with E-state index in [0.717, 1.165) is 0 Å². The summed E-state index contributed by atoms with van der Waals surface area (Å²) in [4.78, 5) is 3.18. The molecule has 0 fully saturated rings. The third-order valence-electron chi connectivity index (χ3n) is 0.800. The van der Waals surface area contributed by atoms with Gasteiger partial charge in [0.05, 0.1) is 0 Å². The van der Waals surface area contributed by atoms with Crippen LogP contribution in [0.25, 0.3) is 4.85 Å². The van der Waals surface area contributed by atoms with Crippen molar-refractivity contribution >= 4 is 0 Å². The van der Waals surface area contributed by atoms with E-state index in [4.69, 9.17) is 11.3 Å². The van der Waals surface area contributed by atoms with Gasteiger partial charge < -0.3 is 9.58 Å². The van der Waals surface area contributed by atoms with Crippen LogP contribution in [0.2, 0.25) is 0 Å². The molecule has 0 aromatic heterocycles. The lowest BCUT2D eigenvalue weighted by Crippen LogP contribution is -2.09. The van der Waals surface area contributed by atoms with Gasteiger partial charge >= 0.3 is 0 Å². The zero-order valence-corrected chi connectivity index (χ0v) is 5.35. The van der Waals surface area contributed by atoms with Crippen molar-refractivity contribution in [3.8, 4) is 0 Å². The van der Waals surface area contributed by atoms with Crippen LogP contribution in [-0.4, -0.2) is 19.3 Å². The first-order valence-corrected chi connectivity index (χ1v) is 2.76. The molecule has 0 rings (SSSR count). The third kappa shape index (κ3) is 3.63. The summed E-state index contributed by atoms with van der Waals surface area (Å²) in [6.45, 7) is 11.5. The summed E-state index contributed by atoms with van der Waals surface area (Å²) in [7, 11) is 0. The molecular formula is C6H11NO. The van der Waals surface area contributed by atoms with Gasteiger partial charge in [-0.05, 0) is 13.8 Å². The first-order valence-electron chi connectivity index (χ1n) is 2.76. The summed E-state index contributed by atoms with van der Waals surface area (Å²) in [5.74, 6) is 0. The van der Waals surface area contributed by atoms with Crippen LogP contribution in [0.4, 0.5) is 0 Å². The van der Waals surface area contributed by atoms with Crippen molar-refractivity contribution in [2.75, 3.05) is 13.2 Å². The lowest BCUT2D eigenvalue weighted by atomic mass is 10.4. The first-order chi connectivity index (χ1) is 3.81. The summed E-state index contributed by atoms with van der Waals surface area (Å²) in [6.07, 6.45) is 0.109. The predicted molar refractivity (Wildman–Crippen MR) is 32.6 cm³/mol. The highest BCUT2D eigenvalue weighted by atomic mass is 16.5. The molecule has 0 amide bonds. The first kappa shape index (κ1) is 7.45. The van der Waals surface area contributed by atoms with E-state index in [9.17, 15) is 0 Å². The fraction of sp³-hybridized carbons (Fsp3) is 0.833. The Hall–Kier alpha value is -0.550. The second kappa shape index (κ2) is 4.61. The van der Waals surface area contributed by atoms with Gasteiger partial charge in [-0.25, -0.2) is 6.57 Å². The van der Waals surface area contributed by atoms with Crippen LogP contribution < -0.4 is 0 Å². The minimum Gasteiger partial charge on any atom is -0.371 e. The van der Waals surface area contributed by atoms with Crippen molar-refractivity contribution in [3.63, 3.8) is 0 Å². The standard InChI is InChI=1S/C6H11NO/c1-4-8-6(2)5-7-3/h6H,4-5H2,1-2H3. The average molecular weight is 113 g/mol. The fourth-order valence-electron chi connectivity index (χ4n) is 0.466. The van der Waals surface area contributed by atoms with Crippen molar-refractivity contribution in [1.82, 2.24) is 0 Å². The van der Waals surface area contributed by atoms with E-state index in [-0.39, 0.29) is 6.10 Å². The second-order valence-corrected chi connectivity index (χ2v) is 1.61. The molecule has 2 nitrogen and oxygen atoms in total. The highest BCUT2D eigenvalue weighted by molar-refractivity contribution is 4.64. The van der Waals surface area contributed by atoms with Crippen LogP contribution in [0.5, 0.6) is 0 Å². The van der Waals surface area contributed by atoms with Gasteiger partial charge in [0.1, 0.15) is 6.10 Å². The molecule has 0 N–H and O–H groups in total. The van der Waals surface area contributed by atoms with Gasteiger partial charge in [0.25, 0.3) is 0 Å². The maximum atomic E-state index is 6.46. The topological polar surface area (TPSA) is 13.6 Å². The van der Waals surface area contributed by atoms with E-state index in [0.29, 0.717) is 13.2 Å². The molecule has 1 atom stereocenters. The summed E-state index contributed by atoms with van der Waals surface area (Å²) in [6, 6.07) is 0. The molecule has 0 heterocycles. The molecule has 46 valence electrons. The second-order valence-electron chi connectivity index (χ2n) is 1.61. The zero-order chi connectivity index (χ0) is 6.41. The van der Waals surface area contributed by atoms with Gasteiger partial charge in [0.2, 0.25) is 6.54 Å². The molecule has 0 aliphatic rings. The molecule has 2 heteroatoms. The van der Waals surface area contributed by atoms with Crippen molar-refractivity contribution in [1.29, 1.82) is 0 Å².